The molecule has 0 aliphatic carbocycles. The lowest BCUT2D eigenvalue weighted by molar-refractivity contribution is -0.134. The summed E-state index contributed by atoms with van der Waals surface area (Å²) in [4.78, 5) is 33.9. The molecule has 3 heterocycles. The number of carboxylic acids is 2. The van der Waals surface area contributed by atoms with Gasteiger partial charge < -0.3 is 15.1 Å². The van der Waals surface area contributed by atoms with Crippen molar-refractivity contribution in [3.8, 4) is 10.4 Å². The van der Waals surface area contributed by atoms with Crippen LogP contribution in [0, 0.1) is 0 Å². The van der Waals surface area contributed by atoms with E-state index in [1.54, 1.807) is 11.3 Å². The van der Waals surface area contributed by atoms with Gasteiger partial charge in [-0.05, 0) is 34.7 Å². The van der Waals surface area contributed by atoms with Crippen LogP contribution in [-0.4, -0.2) is 63.2 Å². The molecule has 32 heavy (non-hydrogen) atoms. The van der Waals surface area contributed by atoms with Crippen molar-refractivity contribution in [2.24, 2.45) is 0 Å². The average molecular weight is 453 g/mol. The Bertz CT molecular complexity index is 1020. The third-order valence-electron chi connectivity index (χ3n) is 4.71. The molecule has 3 aromatic rings. The summed E-state index contributed by atoms with van der Waals surface area (Å²) in [7, 11) is 0. The van der Waals surface area contributed by atoms with Crippen LogP contribution in [0.1, 0.15) is 5.56 Å². The molecule has 1 aliphatic rings. The van der Waals surface area contributed by atoms with Crippen molar-refractivity contribution in [2.75, 3.05) is 31.1 Å². The Hall–Kier alpha value is -3.56. The second-order valence-electron chi connectivity index (χ2n) is 7.00. The molecular weight excluding hydrogens is 428 g/mol. The number of aliphatic carboxylic acids is 2. The average Bonchev–Trinajstić information content (AvgIpc) is 3.35. The first-order valence-electron chi connectivity index (χ1n) is 10.0. The summed E-state index contributed by atoms with van der Waals surface area (Å²) in [5.41, 5.74) is 2.70. The number of hydrogen-bond acceptors (Lipinski definition) is 7. The molecule has 4 rings (SSSR count). The third kappa shape index (κ3) is 7.29. The van der Waals surface area contributed by atoms with Gasteiger partial charge in [0.2, 0.25) is 5.95 Å². The van der Waals surface area contributed by atoms with Crippen LogP contribution < -0.4 is 4.90 Å². The van der Waals surface area contributed by atoms with Gasteiger partial charge in [-0.1, -0.05) is 24.3 Å². The van der Waals surface area contributed by atoms with Gasteiger partial charge in [0, 0.05) is 62.1 Å². The fourth-order valence-corrected chi connectivity index (χ4v) is 3.95. The molecule has 9 heteroatoms. The Balaban J connectivity index is 0.000000312. The first-order chi connectivity index (χ1) is 15.5. The van der Waals surface area contributed by atoms with Crippen molar-refractivity contribution in [3.05, 3.63) is 78.0 Å². The Morgan fingerprint density at radius 3 is 2.22 bits per heavy atom. The van der Waals surface area contributed by atoms with Crippen molar-refractivity contribution >= 4 is 29.2 Å². The molecule has 0 bridgehead atoms. The Morgan fingerprint density at radius 1 is 0.938 bits per heavy atom. The molecule has 1 aromatic carbocycles. The van der Waals surface area contributed by atoms with Gasteiger partial charge >= 0.3 is 11.9 Å². The first kappa shape index (κ1) is 23.1. The Morgan fingerprint density at radius 2 is 1.62 bits per heavy atom. The molecule has 0 unspecified atom stereocenters. The molecule has 2 aromatic heterocycles. The van der Waals surface area contributed by atoms with Crippen LogP contribution in [0.4, 0.5) is 5.95 Å². The maximum Gasteiger partial charge on any atom is 0.328 e. The van der Waals surface area contributed by atoms with E-state index in [9.17, 15) is 9.59 Å². The molecule has 2 N–H and O–H groups in total. The van der Waals surface area contributed by atoms with Gasteiger partial charge in [-0.3, -0.25) is 4.90 Å². The van der Waals surface area contributed by atoms with Crippen LogP contribution in [0.15, 0.2) is 72.4 Å². The largest absolute Gasteiger partial charge is 0.478 e. The quantitative estimate of drug-likeness (QED) is 0.549. The SMILES string of the molecule is O=C(O)/C=C\C(=O)O.c1cnc(N2CCN(Cc3cccc(-c4cccs4)c3)CC2)nc1. The van der Waals surface area contributed by atoms with Gasteiger partial charge in [-0.15, -0.1) is 11.3 Å². The minimum atomic E-state index is -1.26. The van der Waals surface area contributed by atoms with Crippen molar-refractivity contribution < 1.29 is 19.8 Å². The van der Waals surface area contributed by atoms with Crippen LogP contribution in [0.3, 0.4) is 0 Å². The molecule has 8 nitrogen and oxygen atoms in total. The number of piperazine rings is 1. The number of aromatic nitrogens is 2. The van der Waals surface area contributed by atoms with Gasteiger partial charge in [-0.25, -0.2) is 19.6 Å². The predicted octanol–water partition coefficient (Wildman–Crippen LogP) is 3.24. The van der Waals surface area contributed by atoms with Gasteiger partial charge in [0.25, 0.3) is 0 Å². The summed E-state index contributed by atoms with van der Waals surface area (Å²) in [6, 6.07) is 15.1. The molecular formula is C23H24N4O4S. The smallest absolute Gasteiger partial charge is 0.328 e. The fraction of sp³-hybridized carbons (Fsp3) is 0.217. The predicted molar refractivity (Wildman–Crippen MR) is 124 cm³/mol. The summed E-state index contributed by atoms with van der Waals surface area (Å²) < 4.78 is 0. The zero-order valence-corrected chi connectivity index (χ0v) is 18.2. The summed E-state index contributed by atoms with van der Waals surface area (Å²) in [6.07, 6.45) is 4.74. The zero-order chi connectivity index (χ0) is 22.8. The van der Waals surface area contributed by atoms with Crippen LogP contribution in [0.5, 0.6) is 0 Å². The second-order valence-corrected chi connectivity index (χ2v) is 7.95. The lowest BCUT2D eigenvalue weighted by atomic mass is 10.1. The van der Waals surface area contributed by atoms with Gasteiger partial charge in [-0.2, -0.15) is 0 Å². The van der Waals surface area contributed by atoms with Crippen LogP contribution in [-0.2, 0) is 16.1 Å². The van der Waals surface area contributed by atoms with Crippen molar-refractivity contribution in [1.82, 2.24) is 14.9 Å². The number of thiophene rings is 1. The van der Waals surface area contributed by atoms with E-state index in [1.165, 1.54) is 16.0 Å². The van der Waals surface area contributed by atoms with Crippen LogP contribution in [0.2, 0.25) is 0 Å². The van der Waals surface area contributed by atoms with Crippen LogP contribution in [0.25, 0.3) is 10.4 Å². The Kier molecular flexibility index (Phi) is 8.47. The molecule has 1 aliphatic heterocycles. The Labute approximate surface area is 190 Å². The van der Waals surface area contributed by atoms with E-state index in [2.05, 4.69) is 61.5 Å². The fourth-order valence-electron chi connectivity index (χ4n) is 3.23. The van der Waals surface area contributed by atoms with E-state index in [1.807, 2.05) is 18.5 Å². The topological polar surface area (TPSA) is 107 Å². The molecule has 0 saturated carbocycles. The molecule has 0 spiro atoms. The molecule has 0 radical (unpaired) electrons. The van der Waals surface area contributed by atoms with E-state index < -0.39 is 11.9 Å². The number of benzene rings is 1. The van der Waals surface area contributed by atoms with Gasteiger partial charge in [0.05, 0.1) is 0 Å². The maximum absolute atomic E-state index is 9.55. The number of hydrogen-bond donors (Lipinski definition) is 2. The molecule has 1 saturated heterocycles. The number of anilines is 1. The highest BCUT2D eigenvalue weighted by molar-refractivity contribution is 7.13. The number of nitrogens with zero attached hydrogens (tertiary/aromatic N) is 4. The minimum absolute atomic E-state index is 0.558. The van der Waals surface area contributed by atoms with E-state index in [4.69, 9.17) is 10.2 Å². The van der Waals surface area contributed by atoms with Crippen molar-refractivity contribution in [1.29, 1.82) is 0 Å². The van der Waals surface area contributed by atoms with E-state index >= 15 is 0 Å². The monoisotopic (exact) mass is 452 g/mol. The van der Waals surface area contributed by atoms with E-state index in [0.717, 1.165) is 38.7 Å². The van der Waals surface area contributed by atoms with Crippen LogP contribution >= 0.6 is 11.3 Å². The number of carboxylic acid groups (broad SMARTS) is 2. The van der Waals surface area contributed by atoms with E-state index in [-0.39, 0.29) is 0 Å². The maximum atomic E-state index is 9.55. The van der Waals surface area contributed by atoms with Crippen molar-refractivity contribution in [3.63, 3.8) is 0 Å². The lowest BCUT2D eigenvalue weighted by Gasteiger charge is -2.34. The normalized spacial score (nSPS) is 14.1. The van der Waals surface area contributed by atoms with E-state index in [0.29, 0.717) is 12.2 Å². The minimum Gasteiger partial charge on any atom is -0.478 e. The molecule has 166 valence electrons. The zero-order valence-electron chi connectivity index (χ0n) is 17.4. The number of rotatable bonds is 6. The molecule has 1 fully saturated rings. The highest BCUT2D eigenvalue weighted by Crippen LogP contribution is 2.25. The molecule has 0 amide bonds. The number of carbonyl (C=O) groups is 2. The first-order valence-corrected chi connectivity index (χ1v) is 10.9. The third-order valence-corrected chi connectivity index (χ3v) is 5.63. The summed E-state index contributed by atoms with van der Waals surface area (Å²) in [5.74, 6) is -1.67. The summed E-state index contributed by atoms with van der Waals surface area (Å²) >= 11 is 1.79. The van der Waals surface area contributed by atoms with Gasteiger partial charge in [0.15, 0.2) is 0 Å². The standard InChI is InChI=1S/C19H20N4S.C4H4O4/c1-4-16(14-17(5-1)18-6-2-13-24-18)15-22-9-11-23(12-10-22)19-20-7-3-8-21-19;5-3(6)1-2-4(7)8/h1-8,13-14H,9-12,15H2;1-2H,(H,5,6)(H,7,8)/b;2-1-. The summed E-state index contributed by atoms with van der Waals surface area (Å²) in [5, 5.41) is 17.8. The second kappa shape index (κ2) is 11.7. The highest BCUT2D eigenvalue weighted by Gasteiger charge is 2.18. The summed E-state index contributed by atoms with van der Waals surface area (Å²) in [6.45, 7) is 5.05. The van der Waals surface area contributed by atoms with Gasteiger partial charge in [0.1, 0.15) is 0 Å². The molecule has 0 atom stereocenters. The highest BCUT2D eigenvalue weighted by atomic mass is 32.1. The van der Waals surface area contributed by atoms with Crippen molar-refractivity contribution in [2.45, 2.75) is 6.54 Å². The lowest BCUT2D eigenvalue weighted by Crippen LogP contribution is -2.46.